The fraction of sp³-hybridized carbons (Fsp3) is 0.726. The molecule has 0 aliphatic carbocycles. The maximum absolute atomic E-state index is 11.3. The summed E-state index contributed by atoms with van der Waals surface area (Å²) in [5.41, 5.74) is 0.0725. The number of aliphatic imine (C=N–C) groups is 5. The number of epoxide rings is 1. The van der Waals surface area contributed by atoms with Crippen LogP contribution in [0.25, 0.3) is 0 Å². The Morgan fingerprint density at radius 3 is 1.11 bits per heavy atom. The molecule has 7 aliphatic rings. The molecular formula is C73H135N5O24. The van der Waals surface area contributed by atoms with Gasteiger partial charge < -0.3 is 99.5 Å². The third-order valence-electron chi connectivity index (χ3n) is 13.1. The lowest BCUT2D eigenvalue weighted by Gasteiger charge is -2.37. The summed E-state index contributed by atoms with van der Waals surface area (Å²) in [4.78, 5) is 54.1. The molecular weight excluding hydrogens is 1330 g/mol. The lowest BCUT2D eigenvalue weighted by molar-refractivity contribution is -0.168. The zero-order chi connectivity index (χ0) is 70.5. The summed E-state index contributed by atoms with van der Waals surface area (Å²) in [6.07, 6.45) is 10.4. The fourth-order valence-electron chi connectivity index (χ4n) is 6.85. The molecule has 0 saturated carbocycles. The molecule has 7 aliphatic heterocycles. The highest BCUT2D eigenvalue weighted by Gasteiger charge is 2.35. The predicted octanol–water partition coefficient (Wildman–Crippen LogP) is 10.8. The van der Waals surface area contributed by atoms with Crippen LogP contribution in [0.3, 0.4) is 0 Å². The van der Waals surface area contributed by atoms with Crippen LogP contribution in [0.2, 0.25) is 0 Å². The largest absolute Gasteiger partial charge is 0.498 e. The predicted molar refractivity (Wildman–Crippen MR) is 400 cm³/mol. The zero-order valence-electron chi connectivity index (χ0n) is 58.0. The highest BCUT2D eigenvalue weighted by molar-refractivity contribution is 5.80. The Morgan fingerprint density at radius 2 is 0.794 bits per heavy atom. The quantitative estimate of drug-likeness (QED) is 0.0180. The molecule has 0 aromatic heterocycles. The first-order valence-corrected chi connectivity index (χ1v) is 32.5. The molecule has 7 rings (SSSR count). The summed E-state index contributed by atoms with van der Waals surface area (Å²) < 4.78 is 108. The number of esters is 3. The van der Waals surface area contributed by atoms with Crippen LogP contribution in [0.4, 0.5) is 0 Å². The van der Waals surface area contributed by atoms with Crippen molar-refractivity contribution in [3.63, 3.8) is 0 Å². The van der Waals surface area contributed by atoms with Crippen molar-refractivity contribution >= 4 is 47.4 Å². The van der Waals surface area contributed by atoms with Gasteiger partial charge in [0.2, 0.25) is 29.5 Å². The number of hydrogen-bond donors (Lipinski definition) is 0. The SMILES string of the molecule is C.C.C.C.C.C.C1COC(COCC(COCC2=NCCO2)OCC2=NCCO2)=N1.C1COC(COCCOCC2=NCCO2)=N1.C=COCC(COC=C)OC=C.C=COCCOC(=O)C(C)CC.C=COCCOC=C.CCC(C)C(=O)OCC1(C)COC1.CCC(C)C(=O)OCC1CO1. The minimum atomic E-state index is -0.249. The third kappa shape index (κ3) is 58.2. The molecule has 4 unspecified atom stereocenters. The van der Waals surface area contributed by atoms with Gasteiger partial charge in [-0.25, -0.2) is 0 Å². The fourth-order valence-corrected chi connectivity index (χ4v) is 6.85. The maximum Gasteiger partial charge on any atom is 0.308 e. The summed E-state index contributed by atoms with van der Waals surface area (Å²) in [5.74, 6) is 2.91. The van der Waals surface area contributed by atoms with Gasteiger partial charge in [-0.2, -0.15) is 0 Å². The van der Waals surface area contributed by atoms with Crippen molar-refractivity contribution in [1.29, 1.82) is 0 Å². The van der Waals surface area contributed by atoms with Crippen LogP contribution in [0.5, 0.6) is 0 Å². The van der Waals surface area contributed by atoms with E-state index in [4.69, 9.17) is 99.5 Å². The molecule has 7 heterocycles. The average molecular weight is 1470 g/mol. The first-order valence-electron chi connectivity index (χ1n) is 32.5. The van der Waals surface area contributed by atoms with E-state index in [1.165, 1.54) is 37.6 Å². The van der Waals surface area contributed by atoms with E-state index in [0.717, 1.165) is 39.0 Å². The molecule has 4 atom stereocenters. The minimum Gasteiger partial charge on any atom is -0.498 e. The van der Waals surface area contributed by atoms with Gasteiger partial charge >= 0.3 is 17.9 Å². The van der Waals surface area contributed by atoms with Crippen molar-refractivity contribution in [1.82, 2.24) is 0 Å². The molecule has 0 radical (unpaired) electrons. The van der Waals surface area contributed by atoms with Gasteiger partial charge in [0.1, 0.15) is 131 Å². The Bertz CT molecular complexity index is 2200. The van der Waals surface area contributed by atoms with Crippen LogP contribution >= 0.6 is 0 Å². The molecule has 596 valence electrons. The van der Waals surface area contributed by atoms with Gasteiger partial charge in [0, 0.05) is 5.41 Å². The van der Waals surface area contributed by atoms with Crippen molar-refractivity contribution in [2.45, 2.75) is 131 Å². The number of hydrogen-bond acceptors (Lipinski definition) is 29. The summed E-state index contributed by atoms with van der Waals surface area (Å²) in [5, 5.41) is 0. The van der Waals surface area contributed by atoms with Crippen molar-refractivity contribution in [2.24, 2.45) is 48.1 Å². The van der Waals surface area contributed by atoms with Crippen LogP contribution < -0.4 is 0 Å². The standard InChI is InChI=1S/C15H23N3O6.C10H16N2O4.C10H18O3.C9H16O3.C9H14O3.C8H14O3.C6H10O2.6CH4/c1-4-21-13(16-1)9-19-7-12(24-11-15-18-3-6-23-15)8-20-10-14-17-2-5-22-14;1-3-15-9(11-1)7-13-5-6-14-8-10-12-2-4-16-10;1-4-8(2)9(11)13-7-10(3)5-12-6-10;1-4-8(3)9(10)12-7-6-11-5-2;1-4-10-7-9(12-6-3)8-11-5-2;1-3-6(2)8(9)11-5-7-4-10-7;1-3-7-5-6-8-4-2;;;;;;/h12H,1-11H2;1-8H2;8H,4-7H2,1-3H3;5,8H,2,4,6-7H2,1,3H3;4-6,9H,1-3,7-8H2;6-7H,3-5H2,1-2H3;3-4H,1-2,5-6H2;6*1H4. The van der Waals surface area contributed by atoms with Gasteiger partial charge in [0.05, 0.1) is 134 Å². The van der Waals surface area contributed by atoms with Crippen LogP contribution in [-0.4, -0.2) is 264 Å². The molecule has 29 heteroatoms. The number of nitrogens with zero attached hydrogens (tertiary/aromatic N) is 5. The zero-order valence-corrected chi connectivity index (χ0v) is 58.0. The van der Waals surface area contributed by atoms with Gasteiger partial charge in [0.15, 0.2) is 6.10 Å². The van der Waals surface area contributed by atoms with Gasteiger partial charge in [0.25, 0.3) is 0 Å². The van der Waals surface area contributed by atoms with E-state index in [0.29, 0.717) is 208 Å². The average Bonchev–Trinajstić information content (AvgIpc) is 1.27. The lowest BCUT2D eigenvalue weighted by Crippen LogP contribution is -2.44. The van der Waals surface area contributed by atoms with E-state index < -0.39 is 0 Å². The second kappa shape index (κ2) is 72.1. The maximum atomic E-state index is 11.3. The lowest BCUT2D eigenvalue weighted by atomic mass is 9.90. The van der Waals surface area contributed by atoms with Crippen molar-refractivity contribution in [3.05, 3.63) is 77.0 Å². The number of carbonyl (C=O) groups excluding carboxylic acids is 3. The highest BCUT2D eigenvalue weighted by atomic mass is 16.6. The second-order valence-electron chi connectivity index (χ2n) is 21.3. The number of ether oxygens (including phenoxy) is 21. The summed E-state index contributed by atoms with van der Waals surface area (Å²) in [7, 11) is 0. The van der Waals surface area contributed by atoms with Crippen LogP contribution in [-0.2, 0) is 114 Å². The van der Waals surface area contributed by atoms with Gasteiger partial charge in [-0.1, -0.05) is 132 Å². The highest BCUT2D eigenvalue weighted by Crippen LogP contribution is 2.27. The summed E-state index contributed by atoms with van der Waals surface area (Å²) in [6.45, 7) is 49.9. The van der Waals surface area contributed by atoms with Gasteiger partial charge in [-0.05, 0) is 19.3 Å². The normalized spacial score (nSPS) is 16.0. The molecule has 0 N–H and O–H groups in total. The van der Waals surface area contributed by atoms with Crippen LogP contribution in [0.15, 0.2) is 102 Å². The monoisotopic (exact) mass is 1470 g/mol. The molecule has 0 aromatic rings. The van der Waals surface area contributed by atoms with E-state index in [2.05, 4.69) is 71.4 Å². The van der Waals surface area contributed by atoms with Gasteiger partial charge in [-0.15, -0.1) is 0 Å². The van der Waals surface area contributed by atoms with E-state index in [-0.39, 0.29) is 104 Å². The smallest absolute Gasteiger partial charge is 0.308 e. The second-order valence-corrected chi connectivity index (χ2v) is 21.3. The van der Waals surface area contributed by atoms with E-state index >= 15 is 0 Å². The first-order chi connectivity index (χ1) is 46.6. The molecule has 0 aromatic carbocycles. The number of rotatable bonds is 45. The van der Waals surface area contributed by atoms with Gasteiger partial charge in [-0.3, -0.25) is 39.3 Å². The summed E-state index contributed by atoms with van der Waals surface area (Å²) >= 11 is 0. The molecule has 2 saturated heterocycles. The van der Waals surface area contributed by atoms with Crippen molar-refractivity contribution in [2.75, 3.05) is 198 Å². The number of carbonyl (C=O) groups is 3. The van der Waals surface area contributed by atoms with Crippen LogP contribution in [0.1, 0.15) is 112 Å². The third-order valence-corrected chi connectivity index (χ3v) is 13.1. The Kier molecular flexibility index (Phi) is 74.7. The van der Waals surface area contributed by atoms with Crippen molar-refractivity contribution < 1.29 is 114 Å². The van der Waals surface area contributed by atoms with Crippen LogP contribution in [0, 0.1) is 23.2 Å². The molecule has 0 amide bonds. The van der Waals surface area contributed by atoms with E-state index in [1.54, 1.807) is 0 Å². The molecule has 29 nitrogen and oxygen atoms in total. The topological polar surface area (TPSA) is 310 Å². The molecule has 0 bridgehead atoms. The van der Waals surface area contributed by atoms with Crippen molar-refractivity contribution in [3.8, 4) is 0 Å². The first kappa shape index (κ1) is 106. The Labute approximate surface area is 612 Å². The Hall–Kier alpha value is -7.28. The van der Waals surface area contributed by atoms with E-state index in [1.807, 2.05) is 41.5 Å². The van der Waals surface area contributed by atoms with E-state index in [9.17, 15) is 14.4 Å². The summed E-state index contributed by atoms with van der Waals surface area (Å²) in [6, 6.07) is 0. The molecule has 102 heavy (non-hydrogen) atoms. The minimum absolute atomic E-state index is 0. The Balaban J connectivity index is -0.000000268. The molecule has 0 spiro atoms. The molecule has 2 fully saturated rings. The Morgan fingerprint density at radius 1 is 0.451 bits per heavy atom.